The molecule has 0 atom stereocenters. The van der Waals surface area contributed by atoms with Gasteiger partial charge in [0.05, 0.1) is 19.0 Å². The standard InChI is InChI=1S/C23H26N4O4S/c1-27(13-19(28)24-14-7-9-15(31-2)10-8-14)20(29)12-11-18-25-22(30)21-16-5-3-4-6-17(16)32-23(21)26-18/h7-10H,3-6,11-13H2,1-2H3,(H,24,28)(H,25,26,30). The number of thiophene rings is 1. The lowest BCUT2D eigenvalue weighted by molar-refractivity contribution is -0.133. The maximum Gasteiger partial charge on any atom is 0.259 e. The largest absolute Gasteiger partial charge is 0.497 e. The van der Waals surface area contributed by atoms with E-state index in [1.165, 1.54) is 9.78 Å². The highest BCUT2D eigenvalue weighted by Gasteiger charge is 2.20. The number of aromatic amines is 1. The molecule has 2 aromatic heterocycles. The predicted octanol–water partition coefficient (Wildman–Crippen LogP) is 2.90. The van der Waals surface area contributed by atoms with Crippen molar-refractivity contribution in [3.05, 3.63) is 50.9 Å². The summed E-state index contributed by atoms with van der Waals surface area (Å²) in [5.74, 6) is 0.722. The summed E-state index contributed by atoms with van der Waals surface area (Å²) in [5, 5.41) is 3.47. The van der Waals surface area contributed by atoms with Gasteiger partial charge in [0.1, 0.15) is 16.4 Å². The Morgan fingerprint density at radius 2 is 1.97 bits per heavy atom. The first kappa shape index (κ1) is 22.0. The molecule has 0 fully saturated rings. The molecule has 8 nitrogen and oxygen atoms in total. The number of nitrogens with zero attached hydrogens (tertiary/aromatic N) is 2. The van der Waals surface area contributed by atoms with Crippen molar-refractivity contribution in [3.8, 4) is 5.75 Å². The molecular formula is C23H26N4O4S. The number of hydrogen-bond donors (Lipinski definition) is 2. The van der Waals surface area contributed by atoms with Crippen molar-refractivity contribution in [3.63, 3.8) is 0 Å². The highest BCUT2D eigenvalue weighted by molar-refractivity contribution is 7.18. The number of methoxy groups -OCH3 is 1. The van der Waals surface area contributed by atoms with E-state index in [1.807, 2.05) is 0 Å². The summed E-state index contributed by atoms with van der Waals surface area (Å²) in [5.41, 5.74) is 1.66. The number of carbonyl (C=O) groups is 2. The minimum absolute atomic E-state index is 0.0640. The quantitative estimate of drug-likeness (QED) is 0.571. The molecule has 0 radical (unpaired) electrons. The van der Waals surface area contributed by atoms with Crippen LogP contribution in [0.1, 0.15) is 35.5 Å². The molecule has 168 valence electrons. The summed E-state index contributed by atoms with van der Waals surface area (Å²) in [6, 6.07) is 6.97. The number of nitrogens with one attached hydrogen (secondary N) is 2. The first-order chi connectivity index (χ1) is 15.4. The fraction of sp³-hybridized carbons (Fsp3) is 0.391. The third kappa shape index (κ3) is 4.83. The van der Waals surface area contributed by atoms with Crippen molar-refractivity contribution < 1.29 is 14.3 Å². The lowest BCUT2D eigenvalue weighted by Crippen LogP contribution is -2.35. The normalized spacial score (nSPS) is 12.9. The van der Waals surface area contributed by atoms with Gasteiger partial charge in [0.2, 0.25) is 11.8 Å². The third-order valence-electron chi connectivity index (χ3n) is 5.63. The van der Waals surface area contributed by atoms with Crippen molar-refractivity contribution in [1.82, 2.24) is 14.9 Å². The molecule has 4 rings (SSSR count). The zero-order valence-corrected chi connectivity index (χ0v) is 19.0. The Bertz CT molecular complexity index is 1200. The molecule has 1 aliphatic rings. The van der Waals surface area contributed by atoms with Crippen LogP contribution in [0.3, 0.4) is 0 Å². The fourth-order valence-corrected chi connectivity index (χ4v) is 5.20. The summed E-state index contributed by atoms with van der Waals surface area (Å²) in [7, 11) is 3.16. The van der Waals surface area contributed by atoms with Crippen LogP contribution < -0.4 is 15.6 Å². The van der Waals surface area contributed by atoms with Crippen molar-refractivity contribution in [2.45, 2.75) is 38.5 Å². The first-order valence-corrected chi connectivity index (χ1v) is 11.5. The molecule has 0 aliphatic heterocycles. The van der Waals surface area contributed by atoms with E-state index < -0.39 is 0 Å². The van der Waals surface area contributed by atoms with Crippen molar-refractivity contribution >= 4 is 39.1 Å². The molecule has 1 aliphatic carbocycles. The van der Waals surface area contributed by atoms with Gasteiger partial charge in [0.25, 0.3) is 5.56 Å². The molecule has 9 heteroatoms. The van der Waals surface area contributed by atoms with Crippen LogP contribution in [0.15, 0.2) is 29.1 Å². The third-order valence-corrected chi connectivity index (χ3v) is 6.82. The second kappa shape index (κ2) is 9.52. The number of benzene rings is 1. The topological polar surface area (TPSA) is 104 Å². The Balaban J connectivity index is 1.34. The van der Waals surface area contributed by atoms with Crippen LogP contribution in [0.4, 0.5) is 5.69 Å². The van der Waals surface area contributed by atoms with E-state index in [2.05, 4.69) is 15.3 Å². The molecule has 0 unspecified atom stereocenters. The van der Waals surface area contributed by atoms with Crippen LogP contribution in [-0.4, -0.2) is 47.4 Å². The van der Waals surface area contributed by atoms with Gasteiger partial charge >= 0.3 is 0 Å². The Hall–Kier alpha value is -3.20. The van der Waals surface area contributed by atoms with Crippen LogP contribution in [0.5, 0.6) is 5.75 Å². The molecule has 0 saturated carbocycles. The van der Waals surface area contributed by atoms with Gasteiger partial charge in [0.15, 0.2) is 0 Å². The van der Waals surface area contributed by atoms with E-state index >= 15 is 0 Å². The molecule has 3 aromatic rings. The van der Waals surface area contributed by atoms with Gasteiger partial charge in [0, 0.05) is 30.5 Å². The van der Waals surface area contributed by atoms with E-state index in [9.17, 15) is 14.4 Å². The van der Waals surface area contributed by atoms with Gasteiger partial charge < -0.3 is 19.9 Å². The van der Waals surface area contributed by atoms with Gasteiger partial charge in [-0.3, -0.25) is 14.4 Å². The maximum atomic E-state index is 12.6. The molecule has 2 amide bonds. The van der Waals surface area contributed by atoms with Crippen molar-refractivity contribution in [1.29, 1.82) is 0 Å². The molecule has 2 heterocycles. The van der Waals surface area contributed by atoms with E-state index in [-0.39, 0.29) is 30.3 Å². The van der Waals surface area contributed by atoms with Gasteiger partial charge in [-0.25, -0.2) is 4.98 Å². The van der Waals surface area contributed by atoms with Crippen LogP contribution in [0.2, 0.25) is 0 Å². The van der Waals surface area contributed by atoms with E-state index in [0.29, 0.717) is 29.1 Å². The monoisotopic (exact) mass is 454 g/mol. The van der Waals surface area contributed by atoms with E-state index in [0.717, 1.165) is 36.1 Å². The lowest BCUT2D eigenvalue weighted by atomic mass is 9.97. The average Bonchev–Trinajstić information content (AvgIpc) is 3.16. The number of H-pyrrole nitrogens is 1. The van der Waals surface area contributed by atoms with E-state index in [1.54, 1.807) is 49.8 Å². The Morgan fingerprint density at radius 3 is 2.72 bits per heavy atom. The second-order valence-electron chi connectivity index (χ2n) is 7.93. The molecule has 0 saturated heterocycles. The smallest absolute Gasteiger partial charge is 0.259 e. The van der Waals surface area contributed by atoms with Crippen LogP contribution in [0.25, 0.3) is 10.2 Å². The number of aromatic nitrogens is 2. The number of ether oxygens (including phenoxy) is 1. The lowest BCUT2D eigenvalue weighted by Gasteiger charge is -2.16. The van der Waals surface area contributed by atoms with Gasteiger partial charge in [-0.15, -0.1) is 11.3 Å². The number of aryl methyl sites for hydroxylation is 3. The summed E-state index contributed by atoms with van der Waals surface area (Å²) < 4.78 is 5.09. The number of likely N-dealkylation sites (N-methyl/N-ethyl adjacent to an activating group) is 1. The van der Waals surface area contributed by atoms with Crippen LogP contribution >= 0.6 is 11.3 Å². The van der Waals surface area contributed by atoms with Gasteiger partial charge in [-0.2, -0.15) is 0 Å². The Morgan fingerprint density at radius 1 is 1.22 bits per heavy atom. The summed E-state index contributed by atoms with van der Waals surface area (Å²) in [4.78, 5) is 48.2. The van der Waals surface area contributed by atoms with Gasteiger partial charge in [-0.05, 0) is 55.5 Å². The number of anilines is 1. The predicted molar refractivity (Wildman–Crippen MR) is 124 cm³/mol. The molecule has 32 heavy (non-hydrogen) atoms. The number of hydrogen-bond acceptors (Lipinski definition) is 6. The average molecular weight is 455 g/mol. The van der Waals surface area contributed by atoms with E-state index in [4.69, 9.17) is 4.74 Å². The second-order valence-corrected chi connectivity index (χ2v) is 9.01. The minimum atomic E-state index is -0.289. The van der Waals surface area contributed by atoms with Crippen molar-refractivity contribution in [2.24, 2.45) is 0 Å². The molecule has 0 bridgehead atoms. The minimum Gasteiger partial charge on any atom is -0.497 e. The highest BCUT2D eigenvalue weighted by Crippen LogP contribution is 2.33. The first-order valence-electron chi connectivity index (χ1n) is 10.7. The SMILES string of the molecule is COc1ccc(NC(=O)CN(C)C(=O)CCc2nc3sc4c(c3c(=O)[nH]2)CCCC4)cc1. The van der Waals surface area contributed by atoms with Crippen LogP contribution in [0, 0.1) is 0 Å². The Labute approximate surface area is 189 Å². The summed E-state index contributed by atoms with van der Waals surface area (Å²) >= 11 is 1.59. The zero-order valence-electron chi connectivity index (χ0n) is 18.2. The number of rotatable bonds is 7. The highest BCUT2D eigenvalue weighted by atomic mass is 32.1. The number of amides is 2. The van der Waals surface area contributed by atoms with Crippen LogP contribution in [-0.2, 0) is 28.9 Å². The molecular weight excluding hydrogens is 428 g/mol. The molecule has 0 spiro atoms. The zero-order chi connectivity index (χ0) is 22.7. The number of fused-ring (bicyclic) bond motifs is 3. The summed E-state index contributed by atoms with van der Waals surface area (Å²) in [6.45, 7) is -0.0640. The fourth-order valence-electron chi connectivity index (χ4n) is 3.92. The molecule has 1 aromatic carbocycles. The number of carbonyl (C=O) groups excluding carboxylic acids is 2. The maximum absolute atomic E-state index is 12.6. The van der Waals surface area contributed by atoms with Gasteiger partial charge in [-0.1, -0.05) is 0 Å². The summed E-state index contributed by atoms with van der Waals surface area (Å²) in [6.07, 6.45) is 4.67. The Kier molecular flexibility index (Phi) is 6.55. The van der Waals surface area contributed by atoms with Crippen molar-refractivity contribution in [2.75, 3.05) is 26.0 Å². The molecule has 2 N–H and O–H groups in total.